The van der Waals surface area contributed by atoms with Gasteiger partial charge >= 0.3 is 5.97 Å². The maximum atomic E-state index is 12.9. The van der Waals surface area contributed by atoms with Crippen LogP contribution >= 0.6 is 0 Å². The number of nitrogens with zero attached hydrogens (tertiary/aromatic N) is 2. The summed E-state index contributed by atoms with van der Waals surface area (Å²) in [5.74, 6) is -1.68. The highest BCUT2D eigenvalue weighted by Crippen LogP contribution is 2.14. The van der Waals surface area contributed by atoms with Crippen molar-refractivity contribution in [2.75, 3.05) is 0 Å². The summed E-state index contributed by atoms with van der Waals surface area (Å²) in [5, 5.41) is 7.29. The van der Waals surface area contributed by atoms with Gasteiger partial charge in [-0.15, -0.1) is 0 Å². The Labute approximate surface area is 159 Å². The number of fused-ring (bicyclic) bond motifs is 1. The minimum atomic E-state index is -1.08. The molecule has 0 aliphatic rings. The first-order valence-electron chi connectivity index (χ1n) is 8.56. The van der Waals surface area contributed by atoms with E-state index in [-0.39, 0.29) is 23.6 Å². The van der Waals surface area contributed by atoms with Gasteiger partial charge in [-0.05, 0) is 30.7 Å². The number of carbonyl (C=O) groups excluding carboxylic acids is 2. The van der Waals surface area contributed by atoms with Gasteiger partial charge < -0.3 is 10.1 Å². The molecule has 0 aliphatic carbocycles. The zero-order valence-corrected chi connectivity index (χ0v) is 15.3. The summed E-state index contributed by atoms with van der Waals surface area (Å²) in [6.45, 7) is 1.60. The van der Waals surface area contributed by atoms with Crippen molar-refractivity contribution >= 4 is 22.6 Å². The molecule has 0 spiro atoms. The van der Waals surface area contributed by atoms with Gasteiger partial charge in [-0.2, -0.15) is 5.10 Å². The Bertz CT molecular complexity index is 1090. The van der Waals surface area contributed by atoms with Crippen LogP contribution in [0.25, 0.3) is 10.8 Å². The maximum Gasteiger partial charge on any atom is 0.360 e. The number of aryl methyl sites for hydroxylation is 1. The number of hydrogen-bond acceptors (Lipinski definition) is 5. The first kappa shape index (κ1) is 19.2. The highest BCUT2D eigenvalue weighted by molar-refractivity contribution is 6.02. The minimum absolute atomic E-state index is 0.0455. The third kappa shape index (κ3) is 4.06. The van der Waals surface area contributed by atoms with Gasteiger partial charge in [-0.3, -0.25) is 9.59 Å². The molecule has 3 rings (SSSR count). The fourth-order valence-electron chi connectivity index (χ4n) is 2.66. The molecule has 1 N–H and O–H groups in total. The molecule has 28 heavy (non-hydrogen) atoms. The van der Waals surface area contributed by atoms with E-state index in [9.17, 15) is 18.8 Å². The smallest absolute Gasteiger partial charge is 0.360 e. The molecule has 1 atom stereocenters. The highest BCUT2D eigenvalue weighted by Gasteiger charge is 2.22. The second-order valence-corrected chi connectivity index (χ2v) is 6.21. The number of carbonyl (C=O) groups is 2. The van der Waals surface area contributed by atoms with Crippen molar-refractivity contribution in [3.8, 4) is 0 Å². The lowest BCUT2D eigenvalue weighted by Crippen LogP contribution is -2.36. The molecular weight excluding hydrogens is 365 g/mol. The van der Waals surface area contributed by atoms with E-state index in [0.717, 1.165) is 4.68 Å². The van der Waals surface area contributed by atoms with E-state index < -0.39 is 18.0 Å². The Hall–Kier alpha value is -3.55. The molecule has 0 unspecified atom stereocenters. The van der Waals surface area contributed by atoms with Gasteiger partial charge in [0.1, 0.15) is 5.82 Å². The van der Waals surface area contributed by atoms with E-state index in [1.54, 1.807) is 36.4 Å². The average molecular weight is 383 g/mol. The second-order valence-electron chi connectivity index (χ2n) is 6.21. The van der Waals surface area contributed by atoms with Crippen molar-refractivity contribution < 1.29 is 18.7 Å². The quantitative estimate of drug-likeness (QED) is 0.680. The fraction of sp³-hybridized carbons (Fsp3) is 0.200. The molecule has 144 valence electrons. The third-order valence-corrected chi connectivity index (χ3v) is 4.18. The highest BCUT2D eigenvalue weighted by atomic mass is 19.1. The molecule has 0 saturated carbocycles. The van der Waals surface area contributed by atoms with E-state index in [1.165, 1.54) is 26.1 Å². The van der Waals surface area contributed by atoms with Gasteiger partial charge in [0, 0.05) is 19.0 Å². The van der Waals surface area contributed by atoms with Crippen molar-refractivity contribution in [2.24, 2.45) is 7.05 Å². The predicted octanol–water partition coefficient (Wildman–Crippen LogP) is 1.93. The lowest BCUT2D eigenvalue weighted by Gasteiger charge is -2.14. The van der Waals surface area contributed by atoms with E-state index in [2.05, 4.69) is 10.4 Å². The number of amides is 1. The SMILES string of the molecule is C[C@@H](OC(=O)c1nn(C)c(=O)c2ccccc12)C(=O)NCc1ccc(F)cc1. The van der Waals surface area contributed by atoms with Gasteiger partial charge in [0.25, 0.3) is 11.5 Å². The largest absolute Gasteiger partial charge is 0.448 e. The summed E-state index contributed by atoms with van der Waals surface area (Å²) in [6.07, 6.45) is -1.08. The van der Waals surface area contributed by atoms with Crippen LogP contribution in [0, 0.1) is 5.82 Å². The molecule has 1 heterocycles. The Balaban J connectivity index is 1.71. The standard InChI is InChI=1S/C20H18FN3O4/c1-12(18(25)22-11-13-7-9-14(21)10-8-13)28-20(27)17-15-5-3-4-6-16(15)19(26)24(2)23-17/h3-10,12H,11H2,1-2H3,(H,22,25)/t12-/m1/s1. The third-order valence-electron chi connectivity index (χ3n) is 4.18. The van der Waals surface area contributed by atoms with Crippen molar-refractivity contribution in [1.82, 2.24) is 15.1 Å². The molecule has 8 heteroatoms. The van der Waals surface area contributed by atoms with E-state index in [0.29, 0.717) is 16.3 Å². The van der Waals surface area contributed by atoms with E-state index >= 15 is 0 Å². The van der Waals surface area contributed by atoms with Crippen molar-refractivity contribution in [3.63, 3.8) is 0 Å². The molecule has 1 aromatic heterocycles. The van der Waals surface area contributed by atoms with Gasteiger partial charge in [-0.25, -0.2) is 13.9 Å². The zero-order valence-electron chi connectivity index (χ0n) is 15.3. The molecule has 0 radical (unpaired) electrons. The van der Waals surface area contributed by atoms with E-state index in [4.69, 9.17) is 4.74 Å². The van der Waals surface area contributed by atoms with Crippen molar-refractivity contribution in [2.45, 2.75) is 19.6 Å². The monoisotopic (exact) mass is 383 g/mol. The average Bonchev–Trinajstić information content (AvgIpc) is 2.69. The number of aromatic nitrogens is 2. The van der Waals surface area contributed by atoms with Crippen LogP contribution in [0.3, 0.4) is 0 Å². The minimum Gasteiger partial charge on any atom is -0.448 e. The van der Waals surface area contributed by atoms with Crippen molar-refractivity contribution in [1.29, 1.82) is 0 Å². The van der Waals surface area contributed by atoms with E-state index in [1.807, 2.05) is 0 Å². The first-order valence-corrected chi connectivity index (χ1v) is 8.56. The zero-order chi connectivity index (χ0) is 20.3. The lowest BCUT2D eigenvalue weighted by atomic mass is 10.1. The van der Waals surface area contributed by atoms with Crippen LogP contribution in [0.5, 0.6) is 0 Å². The Morgan fingerprint density at radius 2 is 1.79 bits per heavy atom. The normalized spacial score (nSPS) is 11.8. The van der Waals surface area contributed by atoms with Crippen LogP contribution in [0.2, 0.25) is 0 Å². The van der Waals surface area contributed by atoms with Crippen LogP contribution in [0.4, 0.5) is 4.39 Å². The van der Waals surface area contributed by atoms with Crippen LogP contribution < -0.4 is 10.9 Å². The molecule has 1 amide bonds. The Morgan fingerprint density at radius 1 is 1.14 bits per heavy atom. The number of esters is 1. The molecular formula is C20H18FN3O4. The number of halogens is 1. The van der Waals surface area contributed by atoms with Crippen LogP contribution in [-0.4, -0.2) is 27.8 Å². The number of benzene rings is 2. The summed E-state index contributed by atoms with van der Waals surface area (Å²) < 4.78 is 19.2. The predicted molar refractivity (Wildman–Crippen MR) is 100 cm³/mol. The first-order chi connectivity index (χ1) is 13.4. The van der Waals surface area contributed by atoms with Gasteiger partial charge in [0.15, 0.2) is 11.8 Å². The van der Waals surface area contributed by atoms with Crippen molar-refractivity contribution in [3.05, 3.63) is 76.0 Å². The number of rotatable bonds is 5. The topological polar surface area (TPSA) is 90.3 Å². The molecule has 3 aromatic rings. The fourth-order valence-corrected chi connectivity index (χ4v) is 2.66. The molecule has 2 aromatic carbocycles. The van der Waals surface area contributed by atoms with Crippen LogP contribution in [0.1, 0.15) is 23.0 Å². The lowest BCUT2D eigenvalue weighted by molar-refractivity contribution is -0.129. The maximum absolute atomic E-state index is 12.9. The summed E-state index contributed by atoms with van der Waals surface area (Å²) in [7, 11) is 1.43. The van der Waals surface area contributed by atoms with Gasteiger partial charge in [0.2, 0.25) is 0 Å². The summed E-state index contributed by atoms with van der Waals surface area (Å²) >= 11 is 0. The molecule has 0 aliphatic heterocycles. The molecule has 0 fully saturated rings. The van der Waals surface area contributed by atoms with Crippen LogP contribution in [0.15, 0.2) is 53.3 Å². The summed E-state index contributed by atoms with van der Waals surface area (Å²) in [5.41, 5.74) is 0.326. The number of ether oxygens (including phenoxy) is 1. The van der Waals surface area contributed by atoms with Gasteiger partial charge in [-0.1, -0.05) is 30.3 Å². The Morgan fingerprint density at radius 3 is 2.46 bits per heavy atom. The molecule has 0 saturated heterocycles. The molecule has 7 nitrogen and oxygen atoms in total. The van der Waals surface area contributed by atoms with Gasteiger partial charge in [0.05, 0.1) is 5.39 Å². The van der Waals surface area contributed by atoms with Crippen LogP contribution in [-0.2, 0) is 23.1 Å². The second kappa shape index (κ2) is 7.99. The summed E-state index contributed by atoms with van der Waals surface area (Å²) in [6, 6.07) is 12.2. The molecule has 0 bridgehead atoms. The summed E-state index contributed by atoms with van der Waals surface area (Å²) in [4.78, 5) is 36.9. The Kier molecular flexibility index (Phi) is 5.49. The number of hydrogen-bond donors (Lipinski definition) is 1. The number of nitrogens with one attached hydrogen (secondary N) is 1.